The SMILES string of the molecule is Cc1ccc(C(C)(C)CNC(=O)CC2CCCN2)cc1. The van der Waals surface area contributed by atoms with Gasteiger partial charge in [-0.15, -0.1) is 0 Å². The van der Waals surface area contributed by atoms with Gasteiger partial charge in [0, 0.05) is 24.4 Å². The summed E-state index contributed by atoms with van der Waals surface area (Å²) in [5.41, 5.74) is 2.50. The number of benzene rings is 1. The molecular weight excluding hydrogens is 248 g/mol. The topological polar surface area (TPSA) is 41.1 Å². The molecule has 3 heteroatoms. The Morgan fingerprint density at radius 1 is 1.35 bits per heavy atom. The fraction of sp³-hybridized carbons (Fsp3) is 0.588. The van der Waals surface area contributed by atoms with Crippen LogP contribution in [0, 0.1) is 6.92 Å². The third-order valence-electron chi connectivity index (χ3n) is 4.15. The Balaban J connectivity index is 1.84. The first-order valence-electron chi connectivity index (χ1n) is 7.54. The first-order valence-corrected chi connectivity index (χ1v) is 7.54. The lowest BCUT2D eigenvalue weighted by molar-refractivity contribution is -0.121. The van der Waals surface area contributed by atoms with Crippen LogP contribution in [0.2, 0.25) is 0 Å². The predicted octanol–water partition coefficient (Wildman–Crippen LogP) is 2.53. The molecule has 1 atom stereocenters. The number of amides is 1. The molecule has 110 valence electrons. The lowest BCUT2D eigenvalue weighted by Crippen LogP contribution is -2.39. The van der Waals surface area contributed by atoms with Crippen molar-refractivity contribution in [1.29, 1.82) is 0 Å². The average Bonchev–Trinajstić information content (AvgIpc) is 2.90. The second-order valence-electron chi connectivity index (χ2n) is 6.52. The van der Waals surface area contributed by atoms with Crippen molar-refractivity contribution in [2.45, 2.75) is 51.5 Å². The first-order chi connectivity index (χ1) is 9.47. The van der Waals surface area contributed by atoms with Crippen LogP contribution in [0.15, 0.2) is 24.3 Å². The Kier molecular flexibility index (Phi) is 4.81. The molecule has 1 aliphatic rings. The van der Waals surface area contributed by atoms with Crippen molar-refractivity contribution in [3.05, 3.63) is 35.4 Å². The smallest absolute Gasteiger partial charge is 0.221 e. The van der Waals surface area contributed by atoms with Gasteiger partial charge in [-0.3, -0.25) is 4.79 Å². The molecule has 1 aromatic rings. The minimum atomic E-state index is -0.0353. The highest BCUT2D eigenvalue weighted by molar-refractivity contribution is 5.76. The van der Waals surface area contributed by atoms with Crippen LogP contribution in [-0.2, 0) is 10.2 Å². The van der Waals surface area contributed by atoms with E-state index in [-0.39, 0.29) is 11.3 Å². The summed E-state index contributed by atoms with van der Waals surface area (Å²) in [5.74, 6) is 0.157. The van der Waals surface area contributed by atoms with E-state index in [1.165, 1.54) is 17.5 Å². The highest BCUT2D eigenvalue weighted by Gasteiger charge is 2.23. The largest absolute Gasteiger partial charge is 0.355 e. The Morgan fingerprint density at radius 3 is 2.65 bits per heavy atom. The molecular formula is C17H26N2O. The van der Waals surface area contributed by atoms with E-state index in [0.717, 1.165) is 13.0 Å². The summed E-state index contributed by atoms with van der Waals surface area (Å²) < 4.78 is 0. The van der Waals surface area contributed by atoms with Gasteiger partial charge in [0.05, 0.1) is 0 Å². The van der Waals surface area contributed by atoms with Crippen molar-refractivity contribution in [1.82, 2.24) is 10.6 Å². The number of carbonyl (C=O) groups excluding carboxylic acids is 1. The second kappa shape index (κ2) is 6.40. The fourth-order valence-corrected chi connectivity index (χ4v) is 2.65. The number of nitrogens with one attached hydrogen (secondary N) is 2. The van der Waals surface area contributed by atoms with Crippen molar-refractivity contribution in [3.8, 4) is 0 Å². The molecule has 1 amide bonds. The summed E-state index contributed by atoms with van der Waals surface area (Å²) >= 11 is 0. The molecule has 1 fully saturated rings. The van der Waals surface area contributed by atoms with E-state index in [9.17, 15) is 4.79 Å². The Hall–Kier alpha value is -1.35. The highest BCUT2D eigenvalue weighted by atomic mass is 16.1. The van der Waals surface area contributed by atoms with E-state index in [0.29, 0.717) is 19.0 Å². The van der Waals surface area contributed by atoms with Gasteiger partial charge in [-0.1, -0.05) is 43.7 Å². The normalized spacial score (nSPS) is 19.1. The number of carbonyl (C=O) groups is 1. The van der Waals surface area contributed by atoms with Gasteiger partial charge in [0.1, 0.15) is 0 Å². The van der Waals surface area contributed by atoms with Gasteiger partial charge in [0.25, 0.3) is 0 Å². The van der Waals surface area contributed by atoms with Crippen LogP contribution in [0.1, 0.15) is 44.2 Å². The lowest BCUT2D eigenvalue weighted by Gasteiger charge is -2.26. The zero-order valence-electron chi connectivity index (χ0n) is 12.8. The van der Waals surface area contributed by atoms with E-state index in [1.807, 2.05) is 0 Å². The van der Waals surface area contributed by atoms with Gasteiger partial charge in [0.2, 0.25) is 5.91 Å². The van der Waals surface area contributed by atoms with Crippen LogP contribution >= 0.6 is 0 Å². The summed E-state index contributed by atoms with van der Waals surface area (Å²) in [4.78, 5) is 12.0. The molecule has 0 saturated carbocycles. The Bertz CT molecular complexity index is 445. The summed E-state index contributed by atoms with van der Waals surface area (Å²) in [7, 11) is 0. The van der Waals surface area contributed by atoms with Crippen molar-refractivity contribution >= 4 is 5.91 Å². The van der Waals surface area contributed by atoms with Gasteiger partial charge in [-0.2, -0.15) is 0 Å². The van der Waals surface area contributed by atoms with Crippen LogP contribution in [0.3, 0.4) is 0 Å². The quantitative estimate of drug-likeness (QED) is 0.866. The predicted molar refractivity (Wildman–Crippen MR) is 82.9 cm³/mol. The molecule has 0 spiro atoms. The fourth-order valence-electron chi connectivity index (χ4n) is 2.65. The zero-order chi connectivity index (χ0) is 14.6. The maximum atomic E-state index is 12.0. The first kappa shape index (κ1) is 15.0. The molecule has 0 aliphatic carbocycles. The maximum Gasteiger partial charge on any atom is 0.221 e. The van der Waals surface area contributed by atoms with Gasteiger partial charge in [-0.05, 0) is 31.9 Å². The van der Waals surface area contributed by atoms with E-state index in [1.54, 1.807) is 0 Å². The molecule has 3 nitrogen and oxygen atoms in total. The molecule has 0 bridgehead atoms. The minimum absolute atomic E-state index is 0.0353. The second-order valence-corrected chi connectivity index (χ2v) is 6.52. The summed E-state index contributed by atoms with van der Waals surface area (Å²) in [5, 5.41) is 6.45. The van der Waals surface area contributed by atoms with Crippen molar-refractivity contribution in [3.63, 3.8) is 0 Å². The van der Waals surface area contributed by atoms with Crippen LogP contribution in [0.4, 0.5) is 0 Å². The highest BCUT2D eigenvalue weighted by Crippen LogP contribution is 2.22. The average molecular weight is 274 g/mol. The van der Waals surface area contributed by atoms with Crippen LogP contribution in [0.25, 0.3) is 0 Å². The van der Waals surface area contributed by atoms with Crippen molar-refractivity contribution in [2.24, 2.45) is 0 Å². The number of rotatable bonds is 5. The molecule has 20 heavy (non-hydrogen) atoms. The molecule has 1 saturated heterocycles. The van der Waals surface area contributed by atoms with Crippen LogP contribution in [-0.4, -0.2) is 25.0 Å². The maximum absolute atomic E-state index is 12.0. The number of hydrogen-bond donors (Lipinski definition) is 2. The molecule has 0 aromatic heterocycles. The molecule has 1 aliphatic heterocycles. The molecule has 1 aromatic carbocycles. The van der Waals surface area contributed by atoms with Gasteiger partial charge in [0.15, 0.2) is 0 Å². The van der Waals surface area contributed by atoms with E-state index >= 15 is 0 Å². The standard InChI is InChI=1S/C17H26N2O/c1-13-6-8-14(9-7-13)17(2,3)12-19-16(20)11-15-5-4-10-18-15/h6-9,15,18H,4-5,10-12H2,1-3H3,(H,19,20). The summed E-state index contributed by atoms with van der Waals surface area (Å²) in [6.07, 6.45) is 2.91. The molecule has 1 unspecified atom stereocenters. The number of hydrogen-bond acceptors (Lipinski definition) is 2. The molecule has 1 heterocycles. The minimum Gasteiger partial charge on any atom is -0.355 e. The number of aryl methyl sites for hydroxylation is 1. The summed E-state index contributed by atoms with van der Waals surface area (Å²) in [6.45, 7) is 8.17. The van der Waals surface area contributed by atoms with E-state index in [2.05, 4.69) is 55.7 Å². The Labute approximate surface area is 122 Å². The third kappa shape index (κ3) is 4.07. The summed E-state index contributed by atoms with van der Waals surface area (Å²) in [6, 6.07) is 8.93. The Morgan fingerprint density at radius 2 is 2.05 bits per heavy atom. The molecule has 2 rings (SSSR count). The lowest BCUT2D eigenvalue weighted by atomic mass is 9.84. The van der Waals surface area contributed by atoms with Gasteiger partial charge in [-0.25, -0.2) is 0 Å². The van der Waals surface area contributed by atoms with Crippen molar-refractivity contribution in [2.75, 3.05) is 13.1 Å². The zero-order valence-corrected chi connectivity index (χ0v) is 12.8. The monoisotopic (exact) mass is 274 g/mol. The molecule has 0 radical (unpaired) electrons. The molecule has 2 N–H and O–H groups in total. The third-order valence-corrected chi connectivity index (χ3v) is 4.15. The van der Waals surface area contributed by atoms with E-state index < -0.39 is 0 Å². The van der Waals surface area contributed by atoms with Crippen LogP contribution < -0.4 is 10.6 Å². The van der Waals surface area contributed by atoms with Gasteiger partial charge < -0.3 is 10.6 Å². The van der Waals surface area contributed by atoms with Gasteiger partial charge >= 0.3 is 0 Å². The van der Waals surface area contributed by atoms with Crippen LogP contribution in [0.5, 0.6) is 0 Å². The van der Waals surface area contributed by atoms with Crippen molar-refractivity contribution < 1.29 is 4.79 Å². The van der Waals surface area contributed by atoms with E-state index in [4.69, 9.17) is 0 Å².